The van der Waals surface area contributed by atoms with Gasteiger partial charge in [0, 0.05) is 56.8 Å². The van der Waals surface area contributed by atoms with Crippen molar-refractivity contribution in [2.75, 3.05) is 27.2 Å². The molecule has 8 nitrogen and oxygen atoms in total. The zero-order valence-corrected chi connectivity index (χ0v) is 15.8. The highest BCUT2D eigenvalue weighted by Gasteiger charge is 2.32. The molecule has 1 N–H and O–H groups in total. The Balaban J connectivity index is 1.86. The van der Waals surface area contributed by atoms with Gasteiger partial charge in [-0.25, -0.2) is 0 Å². The maximum absolute atomic E-state index is 12.3. The topological polar surface area (TPSA) is 95.1 Å². The Morgan fingerprint density at radius 3 is 2.36 bits per heavy atom. The standard InChI is InChI=1S/C16H24N6O2S/c1-11-14(12(2)20-19-11)16-15(17-7-8-18-16)13-5-9-22(10-6-13)25(23,24)21(3)4/h7-8,13H,5-6,9-10H2,1-4H3,(H,19,20). The molecule has 9 heteroatoms. The highest BCUT2D eigenvalue weighted by atomic mass is 32.2. The lowest BCUT2D eigenvalue weighted by molar-refractivity contribution is 0.300. The Hall–Kier alpha value is -1.84. The molecule has 0 atom stereocenters. The molecule has 0 spiro atoms. The van der Waals surface area contributed by atoms with Crippen molar-refractivity contribution < 1.29 is 8.42 Å². The molecule has 2 aromatic heterocycles. The largest absolute Gasteiger partial charge is 0.282 e. The summed E-state index contributed by atoms with van der Waals surface area (Å²) in [7, 11) is -0.232. The van der Waals surface area contributed by atoms with Crippen molar-refractivity contribution in [3.8, 4) is 11.3 Å². The summed E-state index contributed by atoms with van der Waals surface area (Å²) in [6.45, 7) is 4.90. The van der Waals surface area contributed by atoms with Crippen LogP contribution in [-0.4, -0.2) is 64.4 Å². The fourth-order valence-corrected chi connectivity index (χ4v) is 4.47. The fourth-order valence-electron chi connectivity index (χ4n) is 3.33. The van der Waals surface area contributed by atoms with E-state index < -0.39 is 10.2 Å². The van der Waals surface area contributed by atoms with Gasteiger partial charge in [-0.05, 0) is 26.7 Å². The van der Waals surface area contributed by atoms with Crippen LogP contribution in [0.4, 0.5) is 0 Å². The van der Waals surface area contributed by atoms with Gasteiger partial charge < -0.3 is 0 Å². The van der Waals surface area contributed by atoms with Gasteiger partial charge in [-0.1, -0.05) is 0 Å². The molecule has 1 fully saturated rings. The molecule has 0 unspecified atom stereocenters. The quantitative estimate of drug-likeness (QED) is 0.886. The number of aromatic amines is 1. The van der Waals surface area contributed by atoms with E-state index in [0.717, 1.165) is 41.2 Å². The Morgan fingerprint density at radius 1 is 1.16 bits per heavy atom. The number of H-pyrrole nitrogens is 1. The van der Waals surface area contributed by atoms with Gasteiger partial charge in [0.15, 0.2) is 0 Å². The monoisotopic (exact) mass is 364 g/mol. The first-order valence-electron chi connectivity index (χ1n) is 8.32. The molecule has 1 saturated heterocycles. The van der Waals surface area contributed by atoms with E-state index >= 15 is 0 Å². The average Bonchev–Trinajstić information content (AvgIpc) is 2.93. The summed E-state index contributed by atoms with van der Waals surface area (Å²) >= 11 is 0. The number of nitrogens with one attached hydrogen (secondary N) is 1. The first-order chi connectivity index (χ1) is 11.8. The van der Waals surface area contributed by atoms with Crippen LogP contribution in [0, 0.1) is 13.8 Å². The van der Waals surface area contributed by atoms with Crippen LogP contribution in [0.15, 0.2) is 12.4 Å². The summed E-state index contributed by atoms with van der Waals surface area (Å²) in [5.74, 6) is 0.186. The second-order valence-corrected chi connectivity index (χ2v) is 8.71. The molecule has 0 aromatic carbocycles. The van der Waals surface area contributed by atoms with Crippen molar-refractivity contribution in [2.45, 2.75) is 32.6 Å². The molecule has 25 heavy (non-hydrogen) atoms. The first kappa shape index (κ1) is 18.0. The molecule has 136 valence electrons. The molecule has 0 saturated carbocycles. The number of hydrogen-bond donors (Lipinski definition) is 1. The van der Waals surface area contributed by atoms with Crippen molar-refractivity contribution in [2.24, 2.45) is 0 Å². The second-order valence-electron chi connectivity index (χ2n) is 6.56. The summed E-state index contributed by atoms with van der Waals surface area (Å²) in [6, 6.07) is 0. The molecule has 0 radical (unpaired) electrons. The van der Waals surface area contributed by atoms with E-state index in [2.05, 4.69) is 20.2 Å². The third kappa shape index (κ3) is 3.31. The van der Waals surface area contributed by atoms with E-state index in [1.807, 2.05) is 13.8 Å². The Morgan fingerprint density at radius 2 is 1.80 bits per heavy atom. The average molecular weight is 364 g/mol. The van der Waals surface area contributed by atoms with Crippen molar-refractivity contribution in [1.82, 2.24) is 28.8 Å². The third-order valence-electron chi connectivity index (χ3n) is 4.72. The van der Waals surface area contributed by atoms with Crippen LogP contribution in [0.3, 0.4) is 0 Å². The fraction of sp³-hybridized carbons (Fsp3) is 0.562. The second kappa shape index (κ2) is 6.81. The van der Waals surface area contributed by atoms with Crippen LogP contribution < -0.4 is 0 Å². The summed E-state index contributed by atoms with van der Waals surface area (Å²) in [5, 5.41) is 7.25. The summed E-state index contributed by atoms with van der Waals surface area (Å²) in [5.41, 5.74) is 4.63. The number of piperidine rings is 1. The minimum absolute atomic E-state index is 0.186. The lowest BCUT2D eigenvalue weighted by Crippen LogP contribution is -2.44. The van der Waals surface area contributed by atoms with Gasteiger partial charge >= 0.3 is 0 Å². The van der Waals surface area contributed by atoms with Gasteiger partial charge in [-0.3, -0.25) is 15.1 Å². The van der Waals surface area contributed by atoms with Gasteiger partial charge in [-0.2, -0.15) is 22.1 Å². The van der Waals surface area contributed by atoms with Crippen molar-refractivity contribution in [3.05, 3.63) is 29.5 Å². The zero-order valence-electron chi connectivity index (χ0n) is 15.0. The van der Waals surface area contributed by atoms with E-state index in [0.29, 0.717) is 13.1 Å². The Bertz CT molecular complexity index is 834. The molecule has 0 bridgehead atoms. The molecule has 2 aromatic rings. The minimum Gasteiger partial charge on any atom is -0.282 e. The molecular formula is C16H24N6O2S. The van der Waals surface area contributed by atoms with Gasteiger partial charge in [0.05, 0.1) is 17.1 Å². The smallest absolute Gasteiger partial charge is 0.281 e. The van der Waals surface area contributed by atoms with Crippen LogP contribution in [0.2, 0.25) is 0 Å². The van der Waals surface area contributed by atoms with Gasteiger partial charge in [0.2, 0.25) is 0 Å². The molecule has 0 amide bonds. The molecule has 3 rings (SSSR count). The Kier molecular flexibility index (Phi) is 4.90. The lowest BCUT2D eigenvalue weighted by Gasteiger charge is -2.32. The predicted molar refractivity (Wildman–Crippen MR) is 95.2 cm³/mol. The molecular weight excluding hydrogens is 340 g/mol. The molecule has 3 heterocycles. The van der Waals surface area contributed by atoms with E-state index in [-0.39, 0.29) is 5.92 Å². The maximum atomic E-state index is 12.3. The van der Waals surface area contributed by atoms with Gasteiger partial charge in [0.1, 0.15) is 0 Å². The van der Waals surface area contributed by atoms with E-state index in [9.17, 15) is 8.42 Å². The molecule has 1 aliphatic rings. The van der Waals surface area contributed by atoms with E-state index in [4.69, 9.17) is 0 Å². The van der Waals surface area contributed by atoms with Crippen molar-refractivity contribution >= 4 is 10.2 Å². The first-order valence-corrected chi connectivity index (χ1v) is 9.72. The molecule has 1 aliphatic heterocycles. The van der Waals surface area contributed by atoms with Crippen LogP contribution in [0.25, 0.3) is 11.3 Å². The predicted octanol–water partition coefficient (Wildman–Crippen LogP) is 1.47. The normalized spacial score (nSPS) is 17.3. The summed E-state index contributed by atoms with van der Waals surface area (Å²) in [6.07, 6.45) is 4.85. The highest BCUT2D eigenvalue weighted by molar-refractivity contribution is 7.86. The van der Waals surface area contributed by atoms with Gasteiger partial charge in [-0.15, -0.1) is 0 Å². The zero-order chi connectivity index (χ0) is 18.2. The van der Waals surface area contributed by atoms with Crippen LogP contribution >= 0.6 is 0 Å². The van der Waals surface area contributed by atoms with Crippen LogP contribution in [0.5, 0.6) is 0 Å². The van der Waals surface area contributed by atoms with Crippen LogP contribution in [0.1, 0.15) is 35.8 Å². The van der Waals surface area contributed by atoms with Crippen molar-refractivity contribution in [3.63, 3.8) is 0 Å². The number of nitrogens with zero attached hydrogens (tertiary/aromatic N) is 5. The SMILES string of the molecule is Cc1n[nH]c(C)c1-c1nccnc1C1CCN(S(=O)(=O)N(C)C)CC1. The van der Waals surface area contributed by atoms with E-state index in [1.54, 1.807) is 26.5 Å². The van der Waals surface area contributed by atoms with Gasteiger partial charge in [0.25, 0.3) is 10.2 Å². The number of rotatable bonds is 4. The maximum Gasteiger partial charge on any atom is 0.281 e. The van der Waals surface area contributed by atoms with E-state index in [1.165, 1.54) is 8.61 Å². The lowest BCUT2D eigenvalue weighted by atomic mass is 9.91. The summed E-state index contributed by atoms with van der Waals surface area (Å²) in [4.78, 5) is 9.13. The highest BCUT2D eigenvalue weighted by Crippen LogP contribution is 2.35. The van der Waals surface area contributed by atoms with Crippen LogP contribution in [-0.2, 0) is 10.2 Å². The molecule has 0 aliphatic carbocycles. The number of aryl methyl sites for hydroxylation is 2. The van der Waals surface area contributed by atoms with Crippen molar-refractivity contribution in [1.29, 1.82) is 0 Å². The number of hydrogen-bond acceptors (Lipinski definition) is 5. The minimum atomic E-state index is -3.36. The third-order valence-corrected chi connectivity index (χ3v) is 6.66. The Labute approximate surface area is 148 Å². The summed E-state index contributed by atoms with van der Waals surface area (Å²) < 4.78 is 27.4. The number of aromatic nitrogens is 4.